The zero-order valence-electron chi connectivity index (χ0n) is 17.8. The molecule has 0 aromatic carbocycles. The Kier molecular flexibility index (Phi) is 10.5. The van der Waals surface area contributed by atoms with Crippen LogP contribution in [0.3, 0.4) is 0 Å². The Balaban J connectivity index is 3.27. The van der Waals surface area contributed by atoms with Crippen LogP contribution < -0.4 is 5.32 Å². The van der Waals surface area contributed by atoms with Crippen LogP contribution in [0, 0.1) is 0 Å². The molecule has 0 bridgehead atoms. The molecule has 0 aromatic heterocycles. The molecule has 3 unspecified atom stereocenters. The van der Waals surface area contributed by atoms with E-state index in [1.54, 1.807) is 13.8 Å². The SMILES string of the molecule is CC(=O)OCC1O[C@@H](OC(C)C)C(NC(=O)OCN=[N+]=[N-])C(OC(C)=O)[C@@H]1OC(C)=O. The van der Waals surface area contributed by atoms with Crippen molar-refractivity contribution >= 4 is 24.0 Å². The first-order valence-electron chi connectivity index (χ1n) is 9.28. The van der Waals surface area contributed by atoms with Crippen molar-refractivity contribution in [1.29, 1.82) is 0 Å². The fraction of sp³-hybridized carbons (Fsp3) is 0.765. The lowest BCUT2D eigenvalue weighted by Gasteiger charge is -2.45. The van der Waals surface area contributed by atoms with E-state index in [2.05, 4.69) is 15.3 Å². The Morgan fingerprint density at radius 2 is 1.65 bits per heavy atom. The quantitative estimate of drug-likeness (QED) is 0.175. The van der Waals surface area contributed by atoms with Crippen LogP contribution in [-0.4, -0.2) is 74.1 Å². The molecule has 1 amide bonds. The third-order valence-electron chi connectivity index (χ3n) is 3.71. The molecule has 0 radical (unpaired) electrons. The van der Waals surface area contributed by atoms with Gasteiger partial charge in [-0.1, -0.05) is 5.11 Å². The standard InChI is InChI=1S/C17H26N4O10/c1-8(2)28-16-13(20-17(25)27-7-19-21-18)15(30-11(5)24)14(29-10(4)23)12(31-16)6-26-9(3)22/h8,12-16H,6-7H2,1-5H3,(H,20,25)/t12?,13?,14-,15?,16-/m1/s1. The summed E-state index contributed by atoms with van der Waals surface area (Å²) in [5.41, 5.74) is 8.29. The monoisotopic (exact) mass is 446 g/mol. The largest absolute Gasteiger partial charge is 0.463 e. The lowest BCUT2D eigenvalue weighted by molar-refractivity contribution is -0.284. The number of azide groups is 1. The summed E-state index contributed by atoms with van der Waals surface area (Å²) in [5.74, 6) is -2.09. The first kappa shape index (κ1) is 25.9. The van der Waals surface area contributed by atoms with Gasteiger partial charge in [0.25, 0.3) is 0 Å². The summed E-state index contributed by atoms with van der Waals surface area (Å²) in [7, 11) is 0. The fourth-order valence-electron chi connectivity index (χ4n) is 2.73. The number of alkyl carbamates (subject to hydrolysis) is 1. The number of amides is 1. The minimum atomic E-state index is -1.29. The molecule has 1 saturated heterocycles. The van der Waals surface area contributed by atoms with Gasteiger partial charge in [0.2, 0.25) is 0 Å². The van der Waals surface area contributed by atoms with Gasteiger partial charge < -0.3 is 33.7 Å². The minimum Gasteiger partial charge on any atom is -0.463 e. The van der Waals surface area contributed by atoms with Gasteiger partial charge >= 0.3 is 24.0 Å². The second kappa shape index (κ2) is 12.6. The summed E-state index contributed by atoms with van der Waals surface area (Å²) < 4.78 is 31.8. The molecule has 1 aliphatic heterocycles. The Bertz CT molecular complexity index is 709. The predicted molar refractivity (Wildman–Crippen MR) is 100 cm³/mol. The third-order valence-corrected chi connectivity index (χ3v) is 3.71. The van der Waals surface area contributed by atoms with Gasteiger partial charge in [-0.25, -0.2) is 4.79 Å². The molecule has 1 heterocycles. The topological polar surface area (TPSA) is 184 Å². The normalized spacial score (nSPS) is 25.0. The lowest BCUT2D eigenvalue weighted by atomic mass is 9.96. The van der Waals surface area contributed by atoms with E-state index in [0.29, 0.717) is 0 Å². The number of hydrogen-bond acceptors (Lipinski definition) is 11. The molecule has 14 heteroatoms. The average molecular weight is 446 g/mol. The van der Waals surface area contributed by atoms with Crippen LogP contribution in [-0.2, 0) is 42.8 Å². The van der Waals surface area contributed by atoms with Gasteiger partial charge in [-0.2, -0.15) is 0 Å². The van der Waals surface area contributed by atoms with Crippen molar-refractivity contribution in [3.8, 4) is 0 Å². The van der Waals surface area contributed by atoms with E-state index in [-0.39, 0.29) is 6.61 Å². The second-order valence-corrected chi connectivity index (χ2v) is 6.64. The second-order valence-electron chi connectivity index (χ2n) is 6.64. The van der Waals surface area contributed by atoms with E-state index in [9.17, 15) is 19.2 Å². The van der Waals surface area contributed by atoms with Crippen molar-refractivity contribution < 1.29 is 47.6 Å². The highest BCUT2D eigenvalue weighted by Gasteiger charge is 2.51. The van der Waals surface area contributed by atoms with Crippen LogP contribution in [0.1, 0.15) is 34.6 Å². The van der Waals surface area contributed by atoms with Gasteiger partial charge in [0.1, 0.15) is 18.8 Å². The van der Waals surface area contributed by atoms with E-state index in [1.165, 1.54) is 6.92 Å². The van der Waals surface area contributed by atoms with Crippen LogP contribution in [0.5, 0.6) is 0 Å². The number of nitrogens with zero attached hydrogens (tertiary/aromatic N) is 3. The van der Waals surface area contributed by atoms with Crippen molar-refractivity contribution in [2.45, 2.75) is 71.4 Å². The summed E-state index contributed by atoms with van der Waals surface area (Å²) in [4.78, 5) is 49.3. The van der Waals surface area contributed by atoms with Crippen LogP contribution in [0.25, 0.3) is 10.4 Å². The number of esters is 3. The van der Waals surface area contributed by atoms with E-state index in [0.717, 1.165) is 13.8 Å². The van der Waals surface area contributed by atoms with E-state index in [1.807, 2.05) is 0 Å². The van der Waals surface area contributed by atoms with Gasteiger partial charge in [0.15, 0.2) is 25.2 Å². The van der Waals surface area contributed by atoms with E-state index >= 15 is 0 Å². The molecule has 0 aromatic rings. The summed E-state index contributed by atoms with van der Waals surface area (Å²) in [6.45, 7) is 5.89. The summed E-state index contributed by atoms with van der Waals surface area (Å²) in [5, 5.41) is 5.49. The lowest BCUT2D eigenvalue weighted by Crippen LogP contribution is -2.67. The molecule has 1 fully saturated rings. The highest BCUT2D eigenvalue weighted by atomic mass is 16.7. The number of hydrogen-bond donors (Lipinski definition) is 1. The molecule has 1 rings (SSSR count). The van der Waals surface area contributed by atoms with Gasteiger partial charge in [-0.05, 0) is 19.4 Å². The molecule has 0 aliphatic carbocycles. The molecular formula is C17H26N4O10. The van der Waals surface area contributed by atoms with Gasteiger partial charge in [-0.15, -0.1) is 0 Å². The first-order chi connectivity index (χ1) is 14.5. The van der Waals surface area contributed by atoms with Crippen molar-refractivity contribution in [2.75, 3.05) is 13.3 Å². The summed E-state index contributed by atoms with van der Waals surface area (Å²) >= 11 is 0. The molecule has 0 saturated carbocycles. The molecular weight excluding hydrogens is 420 g/mol. The van der Waals surface area contributed by atoms with E-state index in [4.69, 9.17) is 34.0 Å². The van der Waals surface area contributed by atoms with Crippen LogP contribution in [0.15, 0.2) is 5.11 Å². The Morgan fingerprint density at radius 1 is 1.03 bits per heavy atom. The summed E-state index contributed by atoms with van der Waals surface area (Å²) in [6, 6.07) is -1.19. The smallest absolute Gasteiger partial charge is 0.407 e. The molecule has 14 nitrogen and oxygen atoms in total. The van der Waals surface area contributed by atoms with Crippen molar-refractivity contribution in [2.24, 2.45) is 5.11 Å². The highest BCUT2D eigenvalue weighted by Crippen LogP contribution is 2.28. The molecule has 1 aliphatic rings. The maximum atomic E-state index is 12.1. The zero-order valence-corrected chi connectivity index (χ0v) is 17.8. The number of ether oxygens (including phenoxy) is 6. The van der Waals surface area contributed by atoms with Crippen molar-refractivity contribution in [1.82, 2.24) is 5.32 Å². The maximum absolute atomic E-state index is 12.1. The predicted octanol–water partition coefficient (Wildman–Crippen LogP) is 0.925. The number of rotatable bonds is 9. The van der Waals surface area contributed by atoms with Crippen molar-refractivity contribution in [3.63, 3.8) is 0 Å². The maximum Gasteiger partial charge on any atom is 0.407 e. The van der Waals surface area contributed by atoms with Crippen LogP contribution in [0.2, 0.25) is 0 Å². The Morgan fingerprint density at radius 3 is 2.16 bits per heavy atom. The van der Waals surface area contributed by atoms with Gasteiger partial charge in [0.05, 0.1) is 6.10 Å². The number of carbonyl (C=O) groups is 4. The fourth-order valence-corrected chi connectivity index (χ4v) is 2.73. The van der Waals surface area contributed by atoms with Gasteiger partial charge in [-0.3, -0.25) is 14.4 Å². The molecule has 1 N–H and O–H groups in total. The zero-order chi connectivity index (χ0) is 23.6. The van der Waals surface area contributed by atoms with Crippen LogP contribution >= 0.6 is 0 Å². The third kappa shape index (κ3) is 9.07. The van der Waals surface area contributed by atoms with Crippen molar-refractivity contribution in [3.05, 3.63) is 10.4 Å². The molecule has 174 valence electrons. The molecule has 5 atom stereocenters. The van der Waals surface area contributed by atoms with E-state index < -0.39 is 67.5 Å². The Hall–Kier alpha value is -3.09. The number of carbonyl (C=O) groups excluding carboxylic acids is 4. The van der Waals surface area contributed by atoms with Crippen LogP contribution in [0.4, 0.5) is 4.79 Å². The first-order valence-corrected chi connectivity index (χ1v) is 9.28. The Labute approximate surface area is 178 Å². The van der Waals surface area contributed by atoms with Gasteiger partial charge in [0, 0.05) is 25.7 Å². The number of nitrogens with one attached hydrogen (secondary N) is 1. The molecule has 0 spiro atoms. The molecule has 31 heavy (non-hydrogen) atoms. The average Bonchev–Trinajstić information content (AvgIpc) is 2.64. The highest BCUT2D eigenvalue weighted by molar-refractivity contribution is 5.69. The minimum absolute atomic E-state index is 0.336. The summed E-state index contributed by atoms with van der Waals surface area (Å²) in [6.07, 6.45) is -6.25.